The predicted octanol–water partition coefficient (Wildman–Crippen LogP) is 4.26. The van der Waals surface area contributed by atoms with Crippen molar-refractivity contribution in [2.75, 3.05) is 39.3 Å². The Labute approximate surface area is 282 Å². The molecule has 0 saturated carbocycles. The molecule has 0 spiro atoms. The van der Waals surface area contributed by atoms with E-state index in [0.29, 0.717) is 64.8 Å². The first-order valence-corrected chi connectivity index (χ1v) is 17.0. The van der Waals surface area contributed by atoms with Gasteiger partial charge in [-0.05, 0) is 120 Å². The largest absolute Gasteiger partial charge is 0.444 e. The first-order chi connectivity index (χ1) is 21.8. The average molecular weight is 673 g/mol. The standard InChI is InChI=1S/C33H64N6O8/c1-31(2,3)45-28(42)37-21-13-10-11-18-26(40)35-23-15-19-34-20-16-24-36-27(41)25(39-30(44)47-33(7,8)9)17-12-14-22-38-29(43)46-32(4,5)6/h25,34H,10-24H2,1-9H3,(H,35,40)(H,36,41)(H,37,42)(H,38,43)(H,39,44)/t25-/m0/s1. The molecule has 0 saturated heterocycles. The summed E-state index contributed by atoms with van der Waals surface area (Å²) in [6.45, 7) is 19.4. The summed E-state index contributed by atoms with van der Waals surface area (Å²) in [6.07, 6.45) is 4.31. The van der Waals surface area contributed by atoms with Crippen LogP contribution in [0.1, 0.15) is 120 Å². The molecule has 1 atom stereocenters. The molecule has 0 aliphatic rings. The number of hydrogen-bond acceptors (Lipinski definition) is 9. The van der Waals surface area contributed by atoms with Gasteiger partial charge < -0.3 is 46.1 Å². The number of carbonyl (C=O) groups is 5. The lowest BCUT2D eigenvalue weighted by atomic mass is 10.1. The molecule has 0 aliphatic carbocycles. The minimum Gasteiger partial charge on any atom is -0.444 e. The third-order valence-electron chi connectivity index (χ3n) is 6.03. The van der Waals surface area contributed by atoms with E-state index in [1.54, 1.807) is 41.5 Å². The van der Waals surface area contributed by atoms with Crippen molar-refractivity contribution in [1.82, 2.24) is 31.9 Å². The molecule has 0 aromatic rings. The normalized spacial score (nSPS) is 12.4. The quantitative estimate of drug-likeness (QED) is 0.0766. The molecule has 0 aliphatic heterocycles. The number of rotatable bonds is 21. The molecule has 14 nitrogen and oxygen atoms in total. The van der Waals surface area contributed by atoms with Gasteiger partial charge in [0.25, 0.3) is 0 Å². The van der Waals surface area contributed by atoms with Gasteiger partial charge in [0.2, 0.25) is 11.8 Å². The number of carbonyl (C=O) groups excluding carboxylic acids is 5. The zero-order chi connectivity index (χ0) is 35.9. The van der Waals surface area contributed by atoms with Crippen molar-refractivity contribution in [2.24, 2.45) is 0 Å². The number of ether oxygens (including phenoxy) is 3. The zero-order valence-electron chi connectivity index (χ0n) is 30.4. The first-order valence-electron chi connectivity index (χ1n) is 17.0. The summed E-state index contributed by atoms with van der Waals surface area (Å²) < 4.78 is 15.7. The third-order valence-corrected chi connectivity index (χ3v) is 6.03. The van der Waals surface area contributed by atoms with E-state index in [9.17, 15) is 24.0 Å². The van der Waals surface area contributed by atoms with E-state index in [1.807, 2.05) is 20.8 Å². The molecule has 47 heavy (non-hydrogen) atoms. The Balaban J connectivity index is 4.14. The molecule has 0 heterocycles. The molecule has 0 unspecified atom stereocenters. The van der Waals surface area contributed by atoms with Crippen LogP contribution in [0.15, 0.2) is 0 Å². The van der Waals surface area contributed by atoms with Gasteiger partial charge in [-0.1, -0.05) is 6.42 Å². The van der Waals surface area contributed by atoms with Crippen LogP contribution >= 0.6 is 0 Å². The molecule has 0 aromatic carbocycles. The van der Waals surface area contributed by atoms with Crippen LogP contribution in [-0.2, 0) is 23.8 Å². The van der Waals surface area contributed by atoms with Gasteiger partial charge in [-0.15, -0.1) is 0 Å². The number of nitrogens with one attached hydrogen (secondary N) is 6. The van der Waals surface area contributed by atoms with Crippen molar-refractivity contribution >= 4 is 30.1 Å². The topological polar surface area (TPSA) is 185 Å². The molecule has 0 bridgehead atoms. The van der Waals surface area contributed by atoms with Gasteiger partial charge in [0, 0.05) is 32.6 Å². The maximum absolute atomic E-state index is 12.9. The Hall–Kier alpha value is -3.29. The first kappa shape index (κ1) is 43.7. The summed E-state index contributed by atoms with van der Waals surface area (Å²) in [7, 11) is 0. The SMILES string of the molecule is CC(C)(C)OC(=O)NCCCCCC(=O)NCCCNCCCNC(=O)[C@H](CCCCNC(=O)OC(C)(C)C)NC(=O)OC(C)(C)C. The van der Waals surface area contributed by atoms with Crippen LogP contribution in [0.4, 0.5) is 14.4 Å². The lowest BCUT2D eigenvalue weighted by Gasteiger charge is -2.23. The molecule has 274 valence electrons. The molecular weight excluding hydrogens is 608 g/mol. The average Bonchev–Trinajstić information content (AvgIpc) is 2.90. The third kappa shape index (κ3) is 29.8. The second-order valence-corrected chi connectivity index (χ2v) is 14.5. The molecule has 0 aromatic heterocycles. The molecule has 0 rings (SSSR count). The second kappa shape index (κ2) is 23.1. The minimum atomic E-state index is -0.767. The summed E-state index contributed by atoms with van der Waals surface area (Å²) in [5, 5.41) is 17.2. The summed E-state index contributed by atoms with van der Waals surface area (Å²) in [5.41, 5.74) is -1.79. The Morgan fingerprint density at radius 1 is 0.489 bits per heavy atom. The van der Waals surface area contributed by atoms with E-state index in [-0.39, 0.29) is 11.8 Å². The van der Waals surface area contributed by atoms with Crippen LogP contribution in [0.5, 0.6) is 0 Å². The van der Waals surface area contributed by atoms with Crippen molar-refractivity contribution in [3.8, 4) is 0 Å². The highest BCUT2D eigenvalue weighted by atomic mass is 16.6. The number of unbranched alkanes of at least 4 members (excludes halogenated alkanes) is 3. The smallest absolute Gasteiger partial charge is 0.408 e. The van der Waals surface area contributed by atoms with Gasteiger partial charge in [0.15, 0.2) is 0 Å². The van der Waals surface area contributed by atoms with Crippen molar-refractivity contribution < 1.29 is 38.2 Å². The van der Waals surface area contributed by atoms with E-state index >= 15 is 0 Å². The Morgan fingerprint density at radius 3 is 1.45 bits per heavy atom. The van der Waals surface area contributed by atoms with E-state index in [2.05, 4.69) is 31.9 Å². The molecular formula is C33H64N6O8. The van der Waals surface area contributed by atoms with Gasteiger partial charge in [-0.25, -0.2) is 14.4 Å². The molecule has 6 N–H and O–H groups in total. The number of amides is 5. The van der Waals surface area contributed by atoms with E-state index in [4.69, 9.17) is 14.2 Å². The molecule has 0 radical (unpaired) electrons. The van der Waals surface area contributed by atoms with Gasteiger partial charge in [-0.3, -0.25) is 9.59 Å². The summed E-state index contributed by atoms with van der Waals surface area (Å²) >= 11 is 0. The lowest BCUT2D eigenvalue weighted by Crippen LogP contribution is -2.48. The van der Waals surface area contributed by atoms with Gasteiger partial charge in [-0.2, -0.15) is 0 Å². The number of hydrogen-bond donors (Lipinski definition) is 6. The Kier molecular flexibility index (Phi) is 21.5. The van der Waals surface area contributed by atoms with Crippen LogP contribution in [0.2, 0.25) is 0 Å². The Morgan fingerprint density at radius 2 is 0.936 bits per heavy atom. The van der Waals surface area contributed by atoms with Crippen molar-refractivity contribution in [3.05, 3.63) is 0 Å². The highest BCUT2D eigenvalue weighted by molar-refractivity contribution is 5.85. The summed E-state index contributed by atoms with van der Waals surface area (Å²) in [6, 6.07) is -0.767. The van der Waals surface area contributed by atoms with Crippen molar-refractivity contribution in [1.29, 1.82) is 0 Å². The fourth-order valence-electron chi connectivity index (χ4n) is 3.99. The van der Waals surface area contributed by atoms with Crippen molar-refractivity contribution in [2.45, 2.75) is 143 Å². The van der Waals surface area contributed by atoms with Crippen molar-refractivity contribution in [3.63, 3.8) is 0 Å². The highest BCUT2D eigenvalue weighted by Gasteiger charge is 2.24. The maximum atomic E-state index is 12.9. The van der Waals surface area contributed by atoms with Crippen LogP contribution in [0, 0.1) is 0 Å². The van der Waals surface area contributed by atoms with Crippen LogP contribution in [0.3, 0.4) is 0 Å². The molecule has 14 heteroatoms. The van der Waals surface area contributed by atoms with Gasteiger partial charge >= 0.3 is 18.3 Å². The van der Waals surface area contributed by atoms with Gasteiger partial charge in [0.05, 0.1) is 0 Å². The van der Waals surface area contributed by atoms with E-state index in [1.165, 1.54) is 0 Å². The van der Waals surface area contributed by atoms with Crippen LogP contribution in [-0.4, -0.2) is 92.2 Å². The predicted molar refractivity (Wildman–Crippen MR) is 182 cm³/mol. The Bertz CT molecular complexity index is 941. The highest BCUT2D eigenvalue weighted by Crippen LogP contribution is 2.10. The molecule has 0 fully saturated rings. The summed E-state index contributed by atoms with van der Waals surface area (Å²) in [4.78, 5) is 60.6. The fraction of sp³-hybridized carbons (Fsp3) is 0.848. The fourth-order valence-corrected chi connectivity index (χ4v) is 3.99. The van der Waals surface area contributed by atoms with Crippen LogP contribution < -0.4 is 31.9 Å². The second-order valence-electron chi connectivity index (χ2n) is 14.5. The van der Waals surface area contributed by atoms with Gasteiger partial charge in [0.1, 0.15) is 22.8 Å². The van der Waals surface area contributed by atoms with Crippen LogP contribution in [0.25, 0.3) is 0 Å². The monoisotopic (exact) mass is 672 g/mol. The summed E-state index contributed by atoms with van der Waals surface area (Å²) in [5.74, 6) is -0.278. The zero-order valence-corrected chi connectivity index (χ0v) is 30.4. The minimum absolute atomic E-state index is 0.0154. The van der Waals surface area contributed by atoms with E-state index in [0.717, 1.165) is 32.2 Å². The molecule has 5 amide bonds. The number of alkyl carbamates (subject to hydrolysis) is 3. The van der Waals surface area contributed by atoms with E-state index < -0.39 is 41.1 Å². The lowest BCUT2D eigenvalue weighted by molar-refractivity contribution is -0.123. The maximum Gasteiger partial charge on any atom is 0.408 e.